The van der Waals surface area contributed by atoms with Crippen molar-refractivity contribution in [1.29, 1.82) is 0 Å². The number of methoxy groups -OCH3 is 1. The van der Waals surface area contributed by atoms with Crippen LogP contribution in [0, 0.1) is 5.82 Å². The second-order valence-electron chi connectivity index (χ2n) is 7.52. The number of morpholine rings is 1. The highest BCUT2D eigenvalue weighted by Gasteiger charge is 2.26. The Labute approximate surface area is 183 Å². The highest BCUT2D eigenvalue weighted by molar-refractivity contribution is 5.77. The Morgan fingerprint density at radius 2 is 2.00 bits per heavy atom. The first-order chi connectivity index (χ1) is 15.5. The number of nitrogens with one attached hydrogen (secondary N) is 1. The lowest BCUT2D eigenvalue weighted by molar-refractivity contribution is 0.0345. The van der Waals surface area contributed by atoms with Crippen molar-refractivity contribution >= 4 is 28.5 Å². The summed E-state index contributed by atoms with van der Waals surface area (Å²) in [5, 5.41) is 0. The highest BCUT2D eigenvalue weighted by atomic mass is 19.1. The zero-order valence-corrected chi connectivity index (χ0v) is 17.4. The molecule has 10 heteroatoms. The third-order valence-electron chi connectivity index (χ3n) is 5.43. The van der Waals surface area contributed by atoms with Crippen LogP contribution >= 0.6 is 0 Å². The first kappa shape index (κ1) is 20.0. The summed E-state index contributed by atoms with van der Waals surface area (Å²) >= 11 is 0. The molecule has 1 unspecified atom stereocenters. The fraction of sp³-hybridized carbons (Fsp3) is 0.227. The van der Waals surface area contributed by atoms with Crippen molar-refractivity contribution < 1.29 is 13.9 Å². The average Bonchev–Trinajstić information content (AvgIpc) is 3.24. The van der Waals surface area contributed by atoms with Gasteiger partial charge in [-0.3, -0.25) is 0 Å². The smallest absolute Gasteiger partial charge is 0.222 e. The number of H-pyrrole nitrogens is 1. The van der Waals surface area contributed by atoms with Gasteiger partial charge in [-0.05, 0) is 24.3 Å². The molecule has 0 radical (unpaired) electrons. The lowest BCUT2D eigenvalue weighted by atomic mass is 10.1. The largest absolute Gasteiger partial charge is 0.497 e. The van der Waals surface area contributed by atoms with Crippen LogP contribution in [0.1, 0.15) is 11.9 Å². The number of anilines is 3. The number of ether oxygens (including phenoxy) is 2. The van der Waals surface area contributed by atoms with Crippen LogP contribution in [0.2, 0.25) is 0 Å². The number of benzene rings is 2. The molecule has 1 aliphatic rings. The maximum atomic E-state index is 14.0. The summed E-state index contributed by atoms with van der Waals surface area (Å²) < 4.78 is 25.2. The van der Waals surface area contributed by atoms with E-state index in [0.717, 1.165) is 22.6 Å². The average molecular weight is 435 g/mol. The number of hydrogen-bond acceptors (Lipinski definition) is 8. The molecule has 2 aromatic carbocycles. The minimum Gasteiger partial charge on any atom is -0.497 e. The maximum Gasteiger partial charge on any atom is 0.222 e. The first-order valence-corrected chi connectivity index (χ1v) is 10.1. The molecule has 3 heterocycles. The molecule has 0 aliphatic carbocycles. The highest BCUT2D eigenvalue weighted by Crippen LogP contribution is 2.29. The lowest BCUT2D eigenvalue weighted by Crippen LogP contribution is -2.39. The van der Waals surface area contributed by atoms with E-state index < -0.39 is 5.82 Å². The molecule has 9 nitrogen and oxygen atoms in total. The maximum absolute atomic E-state index is 14.0. The van der Waals surface area contributed by atoms with Crippen molar-refractivity contribution in [2.75, 3.05) is 43.2 Å². The van der Waals surface area contributed by atoms with E-state index in [0.29, 0.717) is 36.8 Å². The van der Waals surface area contributed by atoms with Gasteiger partial charge in [0.05, 0.1) is 42.7 Å². The first-order valence-electron chi connectivity index (χ1n) is 10.1. The van der Waals surface area contributed by atoms with Gasteiger partial charge in [-0.1, -0.05) is 6.07 Å². The van der Waals surface area contributed by atoms with Gasteiger partial charge in [0.1, 0.15) is 29.3 Å². The summed E-state index contributed by atoms with van der Waals surface area (Å²) in [6.45, 7) is 1.63. The van der Waals surface area contributed by atoms with Gasteiger partial charge in [-0.15, -0.1) is 0 Å². The van der Waals surface area contributed by atoms with Crippen molar-refractivity contribution in [1.82, 2.24) is 19.9 Å². The standard InChI is InChI=1S/C22H22FN7O2/c1-31-13-3-5-16-18(9-13)27-21(26-16)19-11-30(6-7-32-19)20-10-17(28-22(25)29-20)12-2-4-15(24)14(23)8-12/h2-5,8-10,19H,6-7,11,24H2,1H3,(H,26,27)(H2,25,28,29). The van der Waals surface area contributed by atoms with Crippen molar-refractivity contribution in [3.8, 4) is 17.0 Å². The van der Waals surface area contributed by atoms with Crippen LogP contribution in [-0.2, 0) is 4.74 Å². The summed E-state index contributed by atoms with van der Waals surface area (Å²) in [6.07, 6.45) is -0.282. The number of nitrogens with two attached hydrogens (primary N) is 2. The van der Waals surface area contributed by atoms with E-state index in [2.05, 4.69) is 24.8 Å². The number of aromatic amines is 1. The molecule has 5 rings (SSSR count). The van der Waals surface area contributed by atoms with Gasteiger partial charge >= 0.3 is 0 Å². The molecule has 2 aromatic heterocycles. The summed E-state index contributed by atoms with van der Waals surface area (Å²) in [6, 6.07) is 12.0. The number of aromatic nitrogens is 4. The minimum absolute atomic E-state index is 0.0791. The fourth-order valence-corrected chi connectivity index (χ4v) is 3.76. The van der Waals surface area contributed by atoms with Crippen LogP contribution in [0.4, 0.5) is 21.8 Å². The molecule has 1 aliphatic heterocycles. The number of nitrogens with zero attached hydrogens (tertiary/aromatic N) is 4. The van der Waals surface area contributed by atoms with E-state index in [4.69, 9.17) is 20.9 Å². The van der Waals surface area contributed by atoms with Crippen LogP contribution in [0.5, 0.6) is 5.75 Å². The second-order valence-corrected chi connectivity index (χ2v) is 7.52. The molecule has 0 saturated carbocycles. The summed E-state index contributed by atoms with van der Waals surface area (Å²) in [4.78, 5) is 18.7. The van der Waals surface area contributed by atoms with Crippen molar-refractivity contribution in [2.45, 2.75) is 6.10 Å². The normalized spacial score (nSPS) is 16.4. The molecule has 5 N–H and O–H groups in total. The SMILES string of the molecule is COc1ccc2nc(C3CN(c4cc(-c5ccc(N)c(F)c5)nc(N)n4)CCO3)[nH]c2c1. The zero-order valence-electron chi connectivity index (χ0n) is 17.4. The molecule has 4 aromatic rings. The number of fused-ring (bicyclic) bond motifs is 1. The van der Waals surface area contributed by atoms with Gasteiger partial charge in [0, 0.05) is 24.2 Å². The van der Waals surface area contributed by atoms with Gasteiger partial charge in [-0.25, -0.2) is 14.4 Å². The van der Waals surface area contributed by atoms with E-state index in [1.807, 2.05) is 18.2 Å². The van der Waals surface area contributed by atoms with Crippen LogP contribution in [0.15, 0.2) is 42.5 Å². The van der Waals surface area contributed by atoms with E-state index in [1.54, 1.807) is 19.2 Å². The molecule has 1 saturated heterocycles. The van der Waals surface area contributed by atoms with Crippen molar-refractivity contribution in [2.24, 2.45) is 0 Å². The van der Waals surface area contributed by atoms with E-state index >= 15 is 0 Å². The summed E-state index contributed by atoms with van der Waals surface area (Å²) in [5.41, 5.74) is 14.4. The number of rotatable bonds is 4. The van der Waals surface area contributed by atoms with Crippen LogP contribution in [-0.4, -0.2) is 46.7 Å². The third-order valence-corrected chi connectivity index (χ3v) is 5.43. The van der Waals surface area contributed by atoms with Gasteiger partial charge in [-0.2, -0.15) is 4.98 Å². The Bertz CT molecular complexity index is 1290. The van der Waals surface area contributed by atoms with Crippen LogP contribution in [0.3, 0.4) is 0 Å². The third kappa shape index (κ3) is 3.76. The van der Waals surface area contributed by atoms with Crippen LogP contribution in [0.25, 0.3) is 22.3 Å². The minimum atomic E-state index is -0.505. The van der Waals surface area contributed by atoms with Gasteiger partial charge in [0.25, 0.3) is 0 Å². The van der Waals surface area contributed by atoms with Gasteiger partial charge in [0.15, 0.2) is 0 Å². The van der Waals surface area contributed by atoms with Crippen molar-refractivity contribution in [3.63, 3.8) is 0 Å². The Balaban J connectivity index is 1.43. The molecule has 0 spiro atoms. The monoisotopic (exact) mass is 435 g/mol. The van der Waals surface area contributed by atoms with Crippen LogP contribution < -0.4 is 21.1 Å². The fourth-order valence-electron chi connectivity index (χ4n) is 3.76. The zero-order chi connectivity index (χ0) is 22.2. The molecular weight excluding hydrogens is 413 g/mol. The predicted molar refractivity (Wildman–Crippen MR) is 120 cm³/mol. The number of nitrogen functional groups attached to an aromatic ring is 2. The van der Waals surface area contributed by atoms with Crippen molar-refractivity contribution in [3.05, 3.63) is 54.1 Å². The molecule has 0 amide bonds. The Morgan fingerprint density at radius 3 is 2.81 bits per heavy atom. The Morgan fingerprint density at radius 1 is 1.12 bits per heavy atom. The molecule has 32 heavy (non-hydrogen) atoms. The molecular formula is C22H22FN7O2. The van der Waals surface area contributed by atoms with E-state index in [9.17, 15) is 4.39 Å². The molecule has 0 bridgehead atoms. The lowest BCUT2D eigenvalue weighted by Gasteiger charge is -2.33. The van der Waals surface area contributed by atoms with Gasteiger partial charge < -0.3 is 30.8 Å². The van der Waals surface area contributed by atoms with E-state index in [-0.39, 0.29) is 17.7 Å². The number of halogens is 1. The summed E-state index contributed by atoms with van der Waals surface area (Å²) in [7, 11) is 1.63. The number of imidazole rings is 1. The molecule has 1 fully saturated rings. The quantitative estimate of drug-likeness (QED) is 0.418. The summed E-state index contributed by atoms with van der Waals surface area (Å²) in [5.74, 6) is 1.71. The second kappa shape index (κ2) is 7.97. The predicted octanol–water partition coefficient (Wildman–Crippen LogP) is 2.91. The Kier molecular flexibility index (Phi) is 4.98. The van der Waals surface area contributed by atoms with Gasteiger partial charge in [0.2, 0.25) is 5.95 Å². The Hall–Kier alpha value is -3.92. The topological polar surface area (TPSA) is 128 Å². The number of hydrogen-bond donors (Lipinski definition) is 3. The molecule has 1 atom stereocenters. The molecule has 164 valence electrons. The van der Waals surface area contributed by atoms with E-state index in [1.165, 1.54) is 12.1 Å².